The van der Waals surface area contributed by atoms with Gasteiger partial charge in [0.15, 0.2) is 0 Å². The van der Waals surface area contributed by atoms with Crippen LogP contribution in [0.3, 0.4) is 0 Å². The van der Waals surface area contributed by atoms with Crippen molar-refractivity contribution in [3.05, 3.63) is 27.7 Å². The van der Waals surface area contributed by atoms with E-state index in [9.17, 15) is 18.0 Å². The highest BCUT2D eigenvalue weighted by Crippen LogP contribution is 2.30. The number of nitrogens with zero attached hydrogens (tertiary/aromatic N) is 1. The van der Waals surface area contributed by atoms with Crippen molar-refractivity contribution in [1.29, 1.82) is 0 Å². The van der Waals surface area contributed by atoms with Gasteiger partial charge in [-0.3, -0.25) is 4.79 Å². The lowest BCUT2D eigenvalue weighted by atomic mass is 10.1. The van der Waals surface area contributed by atoms with Gasteiger partial charge < -0.3 is 4.74 Å². The number of hydrogen-bond donors (Lipinski definition) is 0. The zero-order valence-electron chi connectivity index (χ0n) is 8.14. The van der Waals surface area contributed by atoms with E-state index in [4.69, 9.17) is 0 Å². The molecule has 0 saturated carbocycles. The third-order valence-electron chi connectivity index (χ3n) is 1.85. The number of hydrogen-bond acceptors (Lipinski definition) is 3. The largest absolute Gasteiger partial charge is 0.469 e. The smallest absolute Gasteiger partial charge is 0.309 e. The van der Waals surface area contributed by atoms with E-state index in [1.807, 2.05) is 0 Å². The van der Waals surface area contributed by atoms with Gasteiger partial charge in [-0.15, -0.1) is 0 Å². The van der Waals surface area contributed by atoms with E-state index >= 15 is 0 Å². The third kappa shape index (κ3) is 2.94. The summed E-state index contributed by atoms with van der Waals surface area (Å²) in [6.45, 7) is 0. The lowest BCUT2D eigenvalue weighted by Crippen LogP contribution is -2.09. The Morgan fingerprint density at radius 3 is 2.75 bits per heavy atom. The predicted octanol–water partition coefficient (Wildman–Crippen LogP) is 2.64. The molecular formula is C9H7BrF3NO2. The van der Waals surface area contributed by atoms with Crippen LogP contribution < -0.4 is 0 Å². The summed E-state index contributed by atoms with van der Waals surface area (Å²) < 4.78 is 42.2. The fraction of sp³-hybridized carbons (Fsp3) is 0.333. The fourth-order valence-electron chi connectivity index (χ4n) is 1.14. The van der Waals surface area contributed by atoms with Crippen molar-refractivity contribution in [3.63, 3.8) is 0 Å². The number of carbonyl (C=O) groups is 1. The summed E-state index contributed by atoms with van der Waals surface area (Å²) in [6, 6.07) is 0.795. The van der Waals surface area contributed by atoms with Gasteiger partial charge >= 0.3 is 5.97 Å². The first-order chi connectivity index (χ1) is 7.45. The molecule has 0 saturated heterocycles. The maximum atomic E-state index is 12.9. The Kier molecular flexibility index (Phi) is 4.28. The number of esters is 1. The number of alkyl halides is 2. The van der Waals surface area contributed by atoms with E-state index in [0.717, 1.165) is 13.2 Å². The molecule has 0 aliphatic heterocycles. The number of pyridine rings is 1. The first-order valence-electron chi connectivity index (χ1n) is 4.15. The highest BCUT2D eigenvalue weighted by molar-refractivity contribution is 9.10. The number of halogens is 4. The van der Waals surface area contributed by atoms with E-state index in [1.165, 1.54) is 0 Å². The molecular weight excluding hydrogens is 291 g/mol. The Balaban J connectivity index is 3.18. The normalized spacial score (nSPS) is 10.6. The van der Waals surface area contributed by atoms with E-state index in [-0.39, 0.29) is 10.2 Å². The lowest BCUT2D eigenvalue weighted by Gasteiger charge is -2.09. The SMILES string of the molecule is COC(=O)Cc1cc(F)nc(Br)c1C(F)F. The van der Waals surface area contributed by atoms with Gasteiger partial charge in [-0.1, -0.05) is 0 Å². The van der Waals surface area contributed by atoms with Crippen molar-refractivity contribution < 1.29 is 22.7 Å². The quantitative estimate of drug-likeness (QED) is 0.636. The van der Waals surface area contributed by atoms with Gasteiger partial charge in [-0.25, -0.2) is 13.8 Å². The highest BCUT2D eigenvalue weighted by Gasteiger charge is 2.21. The maximum Gasteiger partial charge on any atom is 0.309 e. The summed E-state index contributed by atoms with van der Waals surface area (Å²) in [5, 5.41) is 0. The van der Waals surface area contributed by atoms with Gasteiger partial charge in [0.1, 0.15) is 4.60 Å². The van der Waals surface area contributed by atoms with Crippen LogP contribution in [0.5, 0.6) is 0 Å². The van der Waals surface area contributed by atoms with E-state index in [1.54, 1.807) is 0 Å². The second kappa shape index (κ2) is 5.29. The summed E-state index contributed by atoms with van der Waals surface area (Å²) in [5.41, 5.74) is -0.631. The van der Waals surface area contributed by atoms with E-state index < -0.39 is 30.3 Å². The molecule has 0 aromatic carbocycles. The highest BCUT2D eigenvalue weighted by atomic mass is 79.9. The van der Waals surface area contributed by atoms with Crippen LogP contribution in [0.2, 0.25) is 0 Å². The van der Waals surface area contributed by atoms with Crippen LogP contribution in [0.4, 0.5) is 13.2 Å². The van der Waals surface area contributed by atoms with Crippen LogP contribution in [-0.2, 0) is 16.0 Å². The number of ether oxygens (including phenoxy) is 1. The van der Waals surface area contributed by atoms with Crippen molar-refractivity contribution >= 4 is 21.9 Å². The molecule has 3 nitrogen and oxygen atoms in total. The van der Waals surface area contributed by atoms with Gasteiger partial charge in [0.05, 0.1) is 19.1 Å². The molecule has 0 radical (unpaired) electrons. The first-order valence-corrected chi connectivity index (χ1v) is 4.94. The number of aromatic nitrogens is 1. The van der Waals surface area contributed by atoms with Crippen LogP contribution in [0.1, 0.15) is 17.6 Å². The lowest BCUT2D eigenvalue weighted by molar-refractivity contribution is -0.139. The van der Waals surface area contributed by atoms with E-state index in [2.05, 4.69) is 25.7 Å². The average molecular weight is 298 g/mol. The minimum atomic E-state index is -2.85. The molecule has 0 aliphatic rings. The van der Waals surface area contributed by atoms with Crippen LogP contribution in [0.15, 0.2) is 10.7 Å². The molecule has 0 aliphatic carbocycles. The van der Waals surface area contributed by atoms with Crippen LogP contribution in [0, 0.1) is 5.95 Å². The molecule has 1 rings (SSSR count). The topological polar surface area (TPSA) is 39.2 Å². The zero-order chi connectivity index (χ0) is 12.3. The molecule has 0 bridgehead atoms. The summed E-state index contributed by atoms with van der Waals surface area (Å²) in [6.07, 6.45) is -3.27. The van der Waals surface area contributed by atoms with Crippen molar-refractivity contribution in [2.45, 2.75) is 12.8 Å². The fourth-order valence-corrected chi connectivity index (χ4v) is 1.74. The summed E-state index contributed by atoms with van der Waals surface area (Å²) >= 11 is 2.73. The molecule has 7 heteroatoms. The van der Waals surface area contributed by atoms with Crippen molar-refractivity contribution in [3.8, 4) is 0 Å². The molecule has 88 valence electrons. The molecule has 0 unspecified atom stereocenters. The zero-order valence-corrected chi connectivity index (χ0v) is 9.72. The summed E-state index contributed by atoms with van der Waals surface area (Å²) in [7, 11) is 1.12. The minimum absolute atomic E-state index is 0.138. The molecule has 0 fully saturated rings. The summed E-state index contributed by atoms with van der Waals surface area (Å²) in [5.74, 6) is -1.66. The van der Waals surface area contributed by atoms with Gasteiger partial charge in [-0.05, 0) is 27.6 Å². The maximum absolute atomic E-state index is 12.9. The first kappa shape index (κ1) is 13.0. The number of methoxy groups -OCH3 is 1. The van der Waals surface area contributed by atoms with E-state index in [0.29, 0.717) is 0 Å². The molecule has 1 aromatic heterocycles. The van der Waals surface area contributed by atoms with Crippen molar-refractivity contribution in [2.75, 3.05) is 7.11 Å². The average Bonchev–Trinajstić information content (AvgIpc) is 2.15. The number of carbonyl (C=O) groups excluding carboxylic acids is 1. The molecule has 1 heterocycles. The number of rotatable bonds is 3. The van der Waals surface area contributed by atoms with Crippen molar-refractivity contribution in [1.82, 2.24) is 4.98 Å². The minimum Gasteiger partial charge on any atom is -0.469 e. The Bertz CT molecular complexity index is 412. The Labute approximate surface area is 97.8 Å². The molecule has 16 heavy (non-hydrogen) atoms. The second-order valence-electron chi connectivity index (χ2n) is 2.86. The van der Waals surface area contributed by atoms with Crippen LogP contribution in [0.25, 0.3) is 0 Å². The second-order valence-corrected chi connectivity index (χ2v) is 3.61. The van der Waals surface area contributed by atoms with Gasteiger partial charge in [0, 0.05) is 0 Å². The van der Waals surface area contributed by atoms with Gasteiger partial charge in [0.25, 0.3) is 6.43 Å². The Morgan fingerprint density at radius 2 is 2.25 bits per heavy atom. The van der Waals surface area contributed by atoms with Crippen LogP contribution in [-0.4, -0.2) is 18.1 Å². The van der Waals surface area contributed by atoms with Gasteiger partial charge in [0.2, 0.25) is 5.95 Å². The van der Waals surface area contributed by atoms with Crippen LogP contribution >= 0.6 is 15.9 Å². The Hall–Kier alpha value is -1.11. The molecule has 0 amide bonds. The molecule has 1 aromatic rings. The molecule has 0 N–H and O–H groups in total. The molecule has 0 spiro atoms. The standard InChI is InChI=1S/C9H7BrF3NO2/c1-16-6(15)3-4-2-5(11)14-8(10)7(4)9(12)13/h2,9H,3H2,1H3. The van der Waals surface area contributed by atoms with Crippen molar-refractivity contribution in [2.24, 2.45) is 0 Å². The molecule has 0 atom stereocenters. The third-order valence-corrected chi connectivity index (χ3v) is 2.45. The predicted molar refractivity (Wildman–Crippen MR) is 52.6 cm³/mol. The summed E-state index contributed by atoms with van der Waals surface area (Å²) in [4.78, 5) is 14.2. The van der Waals surface area contributed by atoms with Gasteiger partial charge in [-0.2, -0.15) is 4.39 Å². The Morgan fingerprint density at radius 1 is 1.62 bits per heavy atom. The monoisotopic (exact) mass is 297 g/mol.